The van der Waals surface area contributed by atoms with E-state index in [1.165, 1.54) is 16.7 Å². The van der Waals surface area contributed by atoms with Crippen LogP contribution in [0.25, 0.3) is 0 Å². The number of benzene rings is 2. The molecule has 0 unspecified atom stereocenters. The summed E-state index contributed by atoms with van der Waals surface area (Å²) in [7, 11) is 6.47. The van der Waals surface area contributed by atoms with Crippen LogP contribution in [-0.2, 0) is 20.9 Å². The molecule has 0 atom stereocenters. The number of carbonyl (C=O) groups excluding carboxylic acids is 3. The van der Waals surface area contributed by atoms with Crippen molar-refractivity contribution in [2.24, 2.45) is 0 Å². The number of carbonyl (C=O) groups is 3. The van der Waals surface area contributed by atoms with Crippen molar-refractivity contribution in [3.63, 3.8) is 0 Å². The molecule has 0 N–H and O–H groups in total. The molecule has 8 nitrogen and oxygen atoms in total. The molecule has 33 heavy (non-hydrogen) atoms. The summed E-state index contributed by atoms with van der Waals surface area (Å²) in [5, 5.41) is 0. The van der Waals surface area contributed by atoms with Gasteiger partial charge in [0, 0.05) is 32.1 Å². The molecule has 2 aromatic carbocycles. The van der Waals surface area contributed by atoms with Crippen molar-refractivity contribution in [3.05, 3.63) is 53.6 Å². The van der Waals surface area contributed by atoms with Crippen LogP contribution in [0.2, 0.25) is 0 Å². The van der Waals surface area contributed by atoms with E-state index < -0.39 is 5.97 Å². The zero-order valence-corrected chi connectivity index (χ0v) is 20.4. The first-order valence-corrected chi connectivity index (χ1v) is 11.4. The lowest BCUT2D eigenvalue weighted by Crippen LogP contribution is -2.34. The van der Waals surface area contributed by atoms with Crippen molar-refractivity contribution < 1.29 is 28.6 Å². The molecule has 0 aliphatic carbocycles. The van der Waals surface area contributed by atoms with Gasteiger partial charge in [0.1, 0.15) is 0 Å². The monoisotopic (exact) mass is 474 g/mol. The van der Waals surface area contributed by atoms with Crippen LogP contribution in [0.15, 0.2) is 47.4 Å². The van der Waals surface area contributed by atoms with E-state index in [9.17, 15) is 14.4 Å². The Hall–Kier alpha value is -3.20. The van der Waals surface area contributed by atoms with Gasteiger partial charge in [-0.25, -0.2) is 4.79 Å². The molecule has 0 saturated heterocycles. The van der Waals surface area contributed by atoms with E-state index in [0.29, 0.717) is 35.0 Å². The second-order valence-corrected chi connectivity index (χ2v) is 8.26. The summed E-state index contributed by atoms with van der Waals surface area (Å²) in [6.07, 6.45) is 0. The first-order valence-electron chi connectivity index (χ1n) is 10.4. The van der Waals surface area contributed by atoms with E-state index in [4.69, 9.17) is 14.2 Å². The molecule has 0 heterocycles. The minimum Gasteiger partial charge on any atom is -0.493 e. The van der Waals surface area contributed by atoms with E-state index >= 15 is 0 Å². The third-order valence-corrected chi connectivity index (χ3v) is 5.90. The van der Waals surface area contributed by atoms with E-state index in [-0.39, 0.29) is 24.2 Å². The summed E-state index contributed by atoms with van der Waals surface area (Å²) < 4.78 is 15.9. The zero-order valence-electron chi connectivity index (χ0n) is 19.6. The Morgan fingerprint density at radius 1 is 0.939 bits per heavy atom. The molecule has 2 rings (SSSR count). The highest BCUT2D eigenvalue weighted by Crippen LogP contribution is 2.28. The number of esters is 1. The van der Waals surface area contributed by atoms with Crippen LogP contribution in [0.3, 0.4) is 0 Å². The minimum atomic E-state index is -0.606. The molecule has 0 radical (unpaired) electrons. The largest absolute Gasteiger partial charge is 0.493 e. The quantitative estimate of drug-likeness (QED) is 0.365. The maximum Gasteiger partial charge on any atom is 0.339 e. The normalized spacial score (nSPS) is 10.3. The van der Waals surface area contributed by atoms with Crippen LogP contribution in [0.4, 0.5) is 0 Å². The molecule has 0 aliphatic rings. The summed E-state index contributed by atoms with van der Waals surface area (Å²) in [4.78, 5) is 40.9. The molecular formula is C24H30N2O6S. The number of likely N-dealkylation sites (N-methyl/N-ethyl adjacent to an activating group) is 1. The first kappa shape index (κ1) is 26.1. The number of rotatable bonds is 11. The Labute approximate surface area is 198 Å². The molecule has 2 aromatic rings. The highest BCUT2D eigenvalue weighted by atomic mass is 32.2. The van der Waals surface area contributed by atoms with Crippen LogP contribution in [-0.4, -0.2) is 74.8 Å². The highest BCUT2D eigenvalue weighted by Gasteiger charge is 2.19. The standard InChI is InChI=1S/C24H30N2O6S/c1-6-26(14-17-11-12-19(30-4)20(13-17)31-5)22(27)15-32-24(29)18-9-7-8-10-21(18)33-16-23(28)25(2)3/h7-13H,6,14-16H2,1-5H3. The van der Waals surface area contributed by atoms with Gasteiger partial charge in [-0.3, -0.25) is 9.59 Å². The fraction of sp³-hybridized carbons (Fsp3) is 0.375. The van der Waals surface area contributed by atoms with Crippen molar-refractivity contribution in [1.29, 1.82) is 0 Å². The predicted octanol–water partition coefficient (Wildman–Crippen LogP) is 3.09. The molecule has 0 spiro atoms. The topological polar surface area (TPSA) is 85.4 Å². The lowest BCUT2D eigenvalue weighted by molar-refractivity contribution is -0.135. The van der Waals surface area contributed by atoms with Gasteiger partial charge in [0.15, 0.2) is 18.1 Å². The lowest BCUT2D eigenvalue weighted by atomic mass is 10.2. The van der Waals surface area contributed by atoms with E-state index in [0.717, 1.165) is 5.56 Å². The van der Waals surface area contributed by atoms with Gasteiger partial charge < -0.3 is 24.0 Å². The van der Waals surface area contributed by atoms with Crippen LogP contribution in [0, 0.1) is 0 Å². The number of nitrogens with zero attached hydrogens (tertiary/aromatic N) is 2. The molecule has 2 amide bonds. The van der Waals surface area contributed by atoms with Gasteiger partial charge in [-0.15, -0.1) is 11.8 Å². The van der Waals surface area contributed by atoms with Crippen molar-refractivity contribution in [2.75, 3.05) is 47.2 Å². The summed E-state index contributed by atoms with van der Waals surface area (Å²) in [6, 6.07) is 12.3. The first-order chi connectivity index (χ1) is 15.8. The number of methoxy groups -OCH3 is 2. The Kier molecular flexibility index (Phi) is 10.1. The summed E-state index contributed by atoms with van der Waals surface area (Å²) in [5.41, 5.74) is 1.19. The molecular weight excluding hydrogens is 444 g/mol. The van der Waals surface area contributed by atoms with Crippen molar-refractivity contribution >= 4 is 29.5 Å². The Morgan fingerprint density at radius 3 is 2.27 bits per heavy atom. The average Bonchev–Trinajstić information content (AvgIpc) is 2.83. The van der Waals surface area contributed by atoms with Crippen LogP contribution >= 0.6 is 11.8 Å². The van der Waals surface area contributed by atoms with Gasteiger partial charge in [0.05, 0.1) is 25.5 Å². The second kappa shape index (κ2) is 12.7. The zero-order chi connectivity index (χ0) is 24.4. The third kappa shape index (κ3) is 7.42. The number of hydrogen-bond donors (Lipinski definition) is 0. The number of thioether (sulfide) groups is 1. The van der Waals surface area contributed by atoms with E-state index in [1.807, 2.05) is 19.1 Å². The van der Waals surface area contributed by atoms with Crippen molar-refractivity contribution in [1.82, 2.24) is 9.80 Å². The van der Waals surface area contributed by atoms with Crippen LogP contribution in [0.1, 0.15) is 22.8 Å². The number of ether oxygens (including phenoxy) is 3. The SMILES string of the molecule is CCN(Cc1ccc(OC)c(OC)c1)C(=O)COC(=O)c1ccccc1SCC(=O)N(C)C. The Bertz CT molecular complexity index is 979. The molecule has 0 saturated carbocycles. The Balaban J connectivity index is 2.00. The molecule has 0 bridgehead atoms. The van der Waals surface area contributed by atoms with Crippen molar-refractivity contribution in [3.8, 4) is 11.5 Å². The van der Waals surface area contributed by atoms with E-state index in [1.54, 1.807) is 63.5 Å². The highest BCUT2D eigenvalue weighted by molar-refractivity contribution is 8.00. The fourth-order valence-electron chi connectivity index (χ4n) is 2.90. The molecule has 0 aromatic heterocycles. The minimum absolute atomic E-state index is 0.0629. The number of hydrogen-bond acceptors (Lipinski definition) is 7. The number of amides is 2. The van der Waals surface area contributed by atoms with Gasteiger partial charge in [-0.1, -0.05) is 18.2 Å². The average molecular weight is 475 g/mol. The van der Waals surface area contributed by atoms with Gasteiger partial charge in [0.2, 0.25) is 5.91 Å². The van der Waals surface area contributed by atoms with Crippen LogP contribution in [0.5, 0.6) is 11.5 Å². The van der Waals surface area contributed by atoms with Crippen LogP contribution < -0.4 is 9.47 Å². The molecule has 9 heteroatoms. The maximum absolute atomic E-state index is 12.7. The summed E-state index contributed by atoms with van der Waals surface area (Å²) in [6.45, 7) is 2.26. The lowest BCUT2D eigenvalue weighted by Gasteiger charge is -2.21. The van der Waals surface area contributed by atoms with Gasteiger partial charge in [-0.2, -0.15) is 0 Å². The van der Waals surface area contributed by atoms with Gasteiger partial charge in [-0.05, 0) is 36.8 Å². The smallest absolute Gasteiger partial charge is 0.339 e. The van der Waals surface area contributed by atoms with Gasteiger partial charge >= 0.3 is 5.97 Å². The molecule has 0 aliphatic heterocycles. The molecule has 0 fully saturated rings. The van der Waals surface area contributed by atoms with E-state index in [2.05, 4.69) is 0 Å². The summed E-state index contributed by atoms with van der Waals surface area (Å²) in [5.74, 6) is 0.400. The third-order valence-electron chi connectivity index (χ3n) is 4.84. The predicted molar refractivity (Wildman–Crippen MR) is 127 cm³/mol. The van der Waals surface area contributed by atoms with Crippen molar-refractivity contribution in [2.45, 2.75) is 18.4 Å². The summed E-state index contributed by atoms with van der Waals surface area (Å²) >= 11 is 1.26. The van der Waals surface area contributed by atoms with Gasteiger partial charge in [0.25, 0.3) is 5.91 Å². The Morgan fingerprint density at radius 2 is 1.64 bits per heavy atom. The fourth-order valence-corrected chi connectivity index (χ4v) is 3.92. The second-order valence-electron chi connectivity index (χ2n) is 7.25. The molecule has 178 valence electrons. The maximum atomic E-state index is 12.7.